The number of aryl methyl sites for hydroxylation is 1. The highest BCUT2D eigenvalue weighted by molar-refractivity contribution is 5.99. The van der Waals surface area contributed by atoms with Crippen molar-refractivity contribution in [2.45, 2.75) is 6.92 Å². The second-order valence-corrected chi connectivity index (χ2v) is 5.24. The Labute approximate surface area is 134 Å². The molecule has 1 amide bonds. The maximum absolute atomic E-state index is 12.1. The SMILES string of the molecule is Cc1ccccc1C(=O)NN=Cc1ccc2ccccc2c1O. The Balaban J connectivity index is 1.80. The molecule has 3 aromatic rings. The van der Waals surface area contributed by atoms with Crippen LogP contribution in [0.5, 0.6) is 5.75 Å². The molecule has 0 unspecified atom stereocenters. The highest BCUT2D eigenvalue weighted by Gasteiger charge is 2.07. The van der Waals surface area contributed by atoms with Crippen LogP contribution >= 0.6 is 0 Å². The quantitative estimate of drug-likeness (QED) is 0.573. The van der Waals surface area contributed by atoms with Crippen LogP contribution in [0.1, 0.15) is 21.5 Å². The van der Waals surface area contributed by atoms with Gasteiger partial charge in [-0.15, -0.1) is 0 Å². The molecule has 0 saturated carbocycles. The van der Waals surface area contributed by atoms with E-state index in [1.54, 1.807) is 18.2 Å². The zero-order valence-corrected chi connectivity index (χ0v) is 12.7. The van der Waals surface area contributed by atoms with Crippen molar-refractivity contribution in [2.75, 3.05) is 0 Å². The monoisotopic (exact) mass is 304 g/mol. The fourth-order valence-corrected chi connectivity index (χ4v) is 2.42. The molecule has 0 saturated heterocycles. The Hall–Kier alpha value is -3.14. The van der Waals surface area contributed by atoms with Gasteiger partial charge in [0.15, 0.2) is 0 Å². The maximum atomic E-state index is 12.1. The van der Waals surface area contributed by atoms with Gasteiger partial charge in [-0.05, 0) is 30.0 Å². The van der Waals surface area contributed by atoms with Crippen LogP contribution in [-0.2, 0) is 0 Å². The number of benzene rings is 3. The first kappa shape index (κ1) is 14.8. The largest absolute Gasteiger partial charge is 0.507 e. The Morgan fingerprint density at radius 3 is 2.61 bits per heavy atom. The minimum absolute atomic E-state index is 0.150. The number of nitrogens with zero attached hydrogens (tertiary/aromatic N) is 1. The molecular formula is C19H16N2O2. The number of nitrogens with one attached hydrogen (secondary N) is 1. The van der Waals surface area contributed by atoms with E-state index in [9.17, 15) is 9.90 Å². The van der Waals surface area contributed by atoms with E-state index in [1.807, 2.05) is 49.4 Å². The van der Waals surface area contributed by atoms with E-state index in [2.05, 4.69) is 10.5 Å². The first-order chi connectivity index (χ1) is 11.2. The number of carbonyl (C=O) groups excluding carboxylic acids is 1. The number of rotatable bonds is 3. The third-order valence-electron chi connectivity index (χ3n) is 3.69. The summed E-state index contributed by atoms with van der Waals surface area (Å²) in [7, 11) is 0. The number of carbonyl (C=O) groups is 1. The molecule has 0 atom stereocenters. The number of hydrogen-bond acceptors (Lipinski definition) is 3. The Kier molecular flexibility index (Phi) is 4.06. The van der Waals surface area contributed by atoms with Gasteiger partial charge in [0.25, 0.3) is 5.91 Å². The van der Waals surface area contributed by atoms with Crippen LogP contribution in [0.2, 0.25) is 0 Å². The highest BCUT2D eigenvalue weighted by Crippen LogP contribution is 2.27. The first-order valence-electron chi connectivity index (χ1n) is 7.26. The summed E-state index contributed by atoms with van der Waals surface area (Å²) in [5, 5.41) is 15.9. The molecule has 4 heteroatoms. The van der Waals surface area contributed by atoms with Crippen molar-refractivity contribution in [1.29, 1.82) is 0 Å². The van der Waals surface area contributed by atoms with E-state index >= 15 is 0 Å². The number of hydrogen-bond donors (Lipinski definition) is 2. The topological polar surface area (TPSA) is 61.7 Å². The molecule has 0 fully saturated rings. The third kappa shape index (κ3) is 3.06. The number of phenolic OH excluding ortho intramolecular Hbond substituents is 1. The molecule has 4 nitrogen and oxygen atoms in total. The van der Waals surface area contributed by atoms with Crippen molar-refractivity contribution >= 4 is 22.9 Å². The van der Waals surface area contributed by atoms with Crippen LogP contribution in [0.25, 0.3) is 10.8 Å². The van der Waals surface area contributed by atoms with Crippen molar-refractivity contribution in [1.82, 2.24) is 5.43 Å². The minimum Gasteiger partial charge on any atom is -0.507 e. The Bertz CT molecular complexity index is 901. The third-order valence-corrected chi connectivity index (χ3v) is 3.69. The molecule has 0 aliphatic heterocycles. The summed E-state index contributed by atoms with van der Waals surface area (Å²) in [4.78, 5) is 12.1. The van der Waals surface area contributed by atoms with Gasteiger partial charge < -0.3 is 5.11 Å². The van der Waals surface area contributed by atoms with Gasteiger partial charge in [0.1, 0.15) is 5.75 Å². The fraction of sp³-hybridized carbons (Fsp3) is 0.0526. The summed E-state index contributed by atoms with van der Waals surface area (Å²) < 4.78 is 0. The van der Waals surface area contributed by atoms with Crippen LogP contribution in [0.3, 0.4) is 0 Å². The molecule has 0 heterocycles. The average molecular weight is 304 g/mol. The minimum atomic E-state index is -0.278. The summed E-state index contributed by atoms with van der Waals surface area (Å²) in [5.74, 6) is -0.128. The smallest absolute Gasteiger partial charge is 0.271 e. The molecule has 3 aromatic carbocycles. The normalized spacial score (nSPS) is 11.0. The number of aromatic hydroxyl groups is 1. The van der Waals surface area contributed by atoms with Gasteiger partial charge in [-0.3, -0.25) is 4.79 Å². The number of fused-ring (bicyclic) bond motifs is 1. The first-order valence-corrected chi connectivity index (χ1v) is 7.26. The lowest BCUT2D eigenvalue weighted by Gasteiger charge is -2.05. The summed E-state index contributed by atoms with van der Waals surface area (Å²) in [6.07, 6.45) is 1.44. The van der Waals surface area contributed by atoms with E-state index in [0.717, 1.165) is 16.3 Å². The molecule has 3 rings (SSSR count). The molecule has 23 heavy (non-hydrogen) atoms. The Morgan fingerprint density at radius 1 is 1.04 bits per heavy atom. The van der Waals surface area contributed by atoms with Gasteiger partial charge in [0, 0.05) is 16.5 Å². The summed E-state index contributed by atoms with van der Waals surface area (Å²) >= 11 is 0. The second kappa shape index (κ2) is 6.32. The molecule has 0 bridgehead atoms. The van der Waals surface area contributed by atoms with Gasteiger partial charge in [-0.1, -0.05) is 48.5 Å². The maximum Gasteiger partial charge on any atom is 0.271 e. The van der Waals surface area contributed by atoms with E-state index in [4.69, 9.17) is 0 Å². The van der Waals surface area contributed by atoms with Crippen molar-refractivity contribution in [3.8, 4) is 5.75 Å². The van der Waals surface area contributed by atoms with Crippen LogP contribution in [-0.4, -0.2) is 17.2 Å². The molecule has 114 valence electrons. The van der Waals surface area contributed by atoms with Crippen molar-refractivity contribution in [2.24, 2.45) is 5.10 Å². The van der Waals surface area contributed by atoms with E-state index in [1.165, 1.54) is 6.21 Å². The van der Waals surface area contributed by atoms with Crippen LogP contribution in [0, 0.1) is 6.92 Å². The number of amides is 1. The van der Waals surface area contributed by atoms with Crippen molar-refractivity contribution < 1.29 is 9.90 Å². The zero-order valence-electron chi connectivity index (χ0n) is 12.7. The summed E-state index contributed by atoms with van der Waals surface area (Å²) in [6, 6.07) is 18.5. The zero-order chi connectivity index (χ0) is 16.2. The predicted octanol–water partition coefficient (Wildman–Crippen LogP) is 3.62. The van der Waals surface area contributed by atoms with Crippen LogP contribution in [0.4, 0.5) is 0 Å². The molecule has 0 radical (unpaired) electrons. The number of hydrazone groups is 1. The molecule has 0 aromatic heterocycles. The molecule has 0 aliphatic carbocycles. The number of phenols is 1. The second-order valence-electron chi connectivity index (χ2n) is 5.24. The van der Waals surface area contributed by atoms with Crippen molar-refractivity contribution in [3.63, 3.8) is 0 Å². The molecular weight excluding hydrogens is 288 g/mol. The van der Waals surface area contributed by atoms with Gasteiger partial charge in [0.05, 0.1) is 6.21 Å². The van der Waals surface area contributed by atoms with Gasteiger partial charge >= 0.3 is 0 Å². The standard InChI is InChI=1S/C19H16N2O2/c1-13-6-2-4-8-16(13)19(23)21-20-12-15-11-10-14-7-3-5-9-17(14)18(15)22/h2-12,22H,1H3,(H,21,23). The summed E-state index contributed by atoms with van der Waals surface area (Å²) in [6.45, 7) is 1.87. The van der Waals surface area contributed by atoms with Crippen molar-refractivity contribution in [3.05, 3.63) is 77.4 Å². The van der Waals surface area contributed by atoms with Gasteiger partial charge in [0.2, 0.25) is 0 Å². The van der Waals surface area contributed by atoms with E-state index < -0.39 is 0 Å². The predicted molar refractivity (Wildman–Crippen MR) is 91.9 cm³/mol. The lowest BCUT2D eigenvalue weighted by molar-refractivity contribution is 0.0954. The van der Waals surface area contributed by atoms with E-state index in [0.29, 0.717) is 11.1 Å². The molecule has 2 N–H and O–H groups in total. The van der Waals surface area contributed by atoms with Crippen LogP contribution < -0.4 is 5.43 Å². The Morgan fingerprint density at radius 2 is 1.78 bits per heavy atom. The van der Waals surface area contributed by atoms with Gasteiger partial charge in [-0.25, -0.2) is 5.43 Å². The highest BCUT2D eigenvalue weighted by atomic mass is 16.3. The van der Waals surface area contributed by atoms with Crippen LogP contribution in [0.15, 0.2) is 65.8 Å². The molecule has 0 spiro atoms. The lowest BCUT2D eigenvalue weighted by atomic mass is 10.1. The molecule has 0 aliphatic rings. The summed E-state index contributed by atoms with van der Waals surface area (Å²) in [5.41, 5.74) is 4.49. The lowest BCUT2D eigenvalue weighted by Crippen LogP contribution is -2.18. The van der Waals surface area contributed by atoms with E-state index in [-0.39, 0.29) is 11.7 Å². The fourth-order valence-electron chi connectivity index (χ4n) is 2.42. The average Bonchev–Trinajstić information content (AvgIpc) is 2.57. The van der Waals surface area contributed by atoms with Gasteiger partial charge in [-0.2, -0.15) is 5.10 Å².